The van der Waals surface area contributed by atoms with Crippen LogP contribution in [-0.2, 0) is 43.9 Å². The Kier molecular flexibility index (Phi) is 5.52. The number of carbonyl (C=O) groups excluding carboxylic acids is 1. The van der Waals surface area contributed by atoms with Crippen LogP contribution in [0.3, 0.4) is 0 Å². The van der Waals surface area contributed by atoms with E-state index in [0.29, 0.717) is 0 Å². The van der Waals surface area contributed by atoms with E-state index in [0.717, 1.165) is 5.56 Å². The van der Waals surface area contributed by atoms with Crippen molar-refractivity contribution in [1.29, 1.82) is 0 Å². The third-order valence-corrected chi connectivity index (χ3v) is 1.19. The van der Waals surface area contributed by atoms with Crippen LogP contribution in [0.1, 0.15) is 5.56 Å². The number of rotatable bonds is 2. The van der Waals surface area contributed by atoms with Gasteiger partial charge in [0.2, 0.25) is 0 Å². The predicted octanol–water partition coefficient (Wildman–Crippen LogP) is 1.48. The van der Waals surface area contributed by atoms with Crippen LogP contribution in [0.2, 0.25) is 0 Å². The predicted molar refractivity (Wildman–Crippen MR) is 35.8 cm³/mol. The van der Waals surface area contributed by atoms with Gasteiger partial charge in [-0.05, 0) is 12.1 Å². The zero-order valence-electron chi connectivity index (χ0n) is 5.88. The summed E-state index contributed by atoms with van der Waals surface area (Å²) in [7, 11) is 0. The maximum atomic E-state index is 12.2. The minimum atomic E-state index is -0.283. The van der Waals surface area contributed by atoms with Gasteiger partial charge in [0, 0.05) is 32.7 Å². The van der Waals surface area contributed by atoms with E-state index in [9.17, 15) is 9.18 Å². The molecule has 0 N–H and O–H groups in total. The quantitative estimate of drug-likeness (QED) is 0.696. The Labute approximate surface area is 89.9 Å². The molecule has 55 valence electrons. The van der Waals surface area contributed by atoms with Crippen molar-refractivity contribution in [2.75, 3.05) is 0 Å². The summed E-state index contributed by atoms with van der Waals surface area (Å²) in [6.07, 6.45) is 1.97. The van der Waals surface area contributed by atoms with Crippen LogP contribution in [0.4, 0.5) is 4.39 Å². The zero-order valence-corrected chi connectivity index (χ0v) is 8.72. The summed E-state index contributed by atoms with van der Waals surface area (Å²) in [5.41, 5.74) is 0.788. The SMILES string of the molecule is O=[C-]Cc1ccc([18F])cc1.[Y]. The van der Waals surface area contributed by atoms with Gasteiger partial charge in [-0.25, -0.2) is 4.39 Å². The van der Waals surface area contributed by atoms with E-state index >= 15 is 0 Å². The maximum Gasteiger partial charge on any atom is 0.123 e. The fourth-order valence-electron chi connectivity index (χ4n) is 0.686. The van der Waals surface area contributed by atoms with Crippen molar-refractivity contribution >= 4 is 6.29 Å². The van der Waals surface area contributed by atoms with Crippen LogP contribution in [0.25, 0.3) is 0 Å². The van der Waals surface area contributed by atoms with E-state index in [1.165, 1.54) is 12.1 Å². The largest absolute Gasteiger partial charge is 0.541 e. The van der Waals surface area contributed by atoms with Crippen molar-refractivity contribution in [3.63, 3.8) is 0 Å². The van der Waals surface area contributed by atoms with E-state index < -0.39 is 0 Å². The van der Waals surface area contributed by atoms with Gasteiger partial charge in [0.05, 0.1) is 0 Å². The molecule has 0 spiro atoms. The number of halogens is 1. The second-order valence-electron chi connectivity index (χ2n) is 1.95. The fourth-order valence-corrected chi connectivity index (χ4v) is 0.686. The van der Waals surface area contributed by atoms with E-state index in [1.807, 2.05) is 0 Å². The molecule has 1 rings (SSSR count). The summed E-state index contributed by atoms with van der Waals surface area (Å²) in [5, 5.41) is 0. The first-order valence-corrected chi connectivity index (χ1v) is 2.92. The second-order valence-corrected chi connectivity index (χ2v) is 1.95. The summed E-state index contributed by atoms with van der Waals surface area (Å²) in [6, 6.07) is 5.79. The molecule has 1 aromatic carbocycles. The molecular formula is C8H6FOY-. The molecule has 1 nitrogen and oxygen atoms in total. The van der Waals surface area contributed by atoms with Crippen LogP contribution in [0.5, 0.6) is 0 Å². The molecule has 0 amide bonds. The Morgan fingerprint density at radius 2 is 1.82 bits per heavy atom. The van der Waals surface area contributed by atoms with Crippen molar-refractivity contribution in [2.45, 2.75) is 6.42 Å². The summed E-state index contributed by atoms with van der Waals surface area (Å²) < 4.78 is 12.2. The molecule has 3 heteroatoms. The normalized spacial score (nSPS) is 8.45. The first kappa shape index (κ1) is 10.9. The van der Waals surface area contributed by atoms with Crippen LogP contribution in [-0.4, -0.2) is 6.29 Å². The fraction of sp³-hybridized carbons (Fsp3) is 0.125. The molecule has 11 heavy (non-hydrogen) atoms. The summed E-state index contributed by atoms with van der Waals surface area (Å²) in [5.74, 6) is -0.283. The number of hydrogen-bond acceptors (Lipinski definition) is 1. The minimum absolute atomic E-state index is 0. The summed E-state index contributed by atoms with van der Waals surface area (Å²) in [6.45, 7) is 0. The Morgan fingerprint density at radius 3 is 2.27 bits per heavy atom. The van der Waals surface area contributed by atoms with Gasteiger partial charge in [-0.2, -0.15) is 0 Å². The second kappa shape index (κ2) is 5.56. The van der Waals surface area contributed by atoms with Gasteiger partial charge in [-0.15, -0.1) is 6.42 Å². The van der Waals surface area contributed by atoms with Crippen molar-refractivity contribution in [3.8, 4) is 0 Å². The Morgan fingerprint density at radius 1 is 1.27 bits per heavy atom. The molecule has 0 aliphatic carbocycles. The van der Waals surface area contributed by atoms with E-state index in [1.54, 1.807) is 18.4 Å². The summed E-state index contributed by atoms with van der Waals surface area (Å²) in [4.78, 5) is 9.84. The van der Waals surface area contributed by atoms with E-state index in [2.05, 4.69) is 0 Å². The maximum absolute atomic E-state index is 12.2. The van der Waals surface area contributed by atoms with Gasteiger partial charge in [-0.1, -0.05) is 17.7 Å². The molecule has 0 aliphatic heterocycles. The van der Waals surface area contributed by atoms with Crippen molar-refractivity contribution < 1.29 is 41.9 Å². The van der Waals surface area contributed by atoms with Crippen molar-refractivity contribution in [2.24, 2.45) is 0 Å². The monoisotopic (exact) mass is 225 g/mol. The van der Waals surface area contributed by atoms with Crippen LogP contribution >= 0.6 is 0 Å². The molecule has 0 aliphatic rings. The number of benzene rings is 1. The number of hydrogen-bond donors (Lipinski definition) is 0. The molecule has 0 saturated heterocycles. The molecule has 0 aromatic heterocycles. The Hall–Kier alpha value is -0.0761. The molecule has 0 heterocycles. The van der Waals surface area contributed by atoms with Gasteiger partial charge in [0.1, 0.15) is 5.82 Å². The van der Waals surface area contributed by atoms with Crippen LogP contribution < -0.4 is 0 Å². The molecule has 0 atom stereocenters. The molecule has 1 aromatic rings. The molecule has 0 saturated carbocycles. The Bertz CT molecular complexity index is 220. The first-order valence-electron chi connectivity index (χ1n) is 2.92. The molecule has 1 radical (unpaired) electrons. The smallest absolute Gasteiger partial charge is 0.123 e. The standard InChI is InChI=1S/C8H6FO.Y/c9-8-3-1-7(2-4-8)5-6-10;/h1-4H,5H2;/q-1;/i9-1;. The Balaban J connectivity index is 0.000001000. The third-order valence-electron chi connectivity index (χ3n) is 1.19. The van der Waals surface area contributed by atoms with Gasteiger partial charge in [-0.3, -0.25) is 6.29 Å². The minimum Gasteiger partial charge on any atom is -0.541 e. The van der Waals surface area contributed by atoms with Gasteiger partial charge in [0.15, 0.2) is 0 Å². The average Bonchev–Trinajstić information content (AvgIpc) is 1.95. The van der Waals surface area contributed by atoms with Crippen molar-refractivity contribution in [1.82, 2.24) is 0 Å². The van der Waals surface area contributed by atoms with Crippen LogP contribution in [0.15, 0.2) is 24.3 Å². The van der Waals surface area contributed by atoms with Crippen molar-refractivity contribution in [3.05, 3.63) is 35.6 Å². The zero-order chi connectivity index (χ0) is 7.40. The average molecular weight is 225 g/mol. The first-order chi connectivity index (χ1) is 4.83. The van der Waals surface area contributed by atoms with Gasteiger partial charge in [0.25, 0.3) is 0 Å². The molecule has 0 bridgehead atoms. The molecule has 0 fully saturated rings. The van der Waals surface area contributed by atoms with E-state index in [4.69, 9.17) is 0 Å². The van der Waals surface area contributed by atoms with Crippen LogP contribution in [0, 0.1) is 5.82 Å². The van der Waals surface area contributed by atoms with Gasteiger partial charge < -0.3 is 4.79 Å². The topological polar surface area (TPSA) is 17.1 Å². The molecular weight excluding hydrogens is 219 g/mol. The summed E-state index contributed by atoms with van der Waals surface area (Å²) >= 11 is 0. The third kappa shape index (κ3) is 3.73. The van der Waals surface area contributed by atoms with E-state index in [-0.39, 0.29) is 44.9 Å². The molecule has 0 unspecified atom stereocenters. The van der Waals surface area contributed by atoms with Gasteiger partial charge >= 0.3 is 0 Å².